The Bertz CT molecular complexity index is 771. The topological polar surface area (TPSA) is 42.7 Å². The van der Waals surface area contributed by atoms with E-state index in [0.29, 0.717) is 6.04 Å². The predicted octanol–water partition coefficient (Wildman–Crippen LogP) is 3.32. The molecule has 4 nitrogen and oxygen atoms in total. The van der Waals surface area contributed by atoms with E-state index in [1.807, 2.05) is 30.2 Å². The molecule has 1 unspecified atom stereocenters. The highest BCUT2D eigenvalue weighted by Gasteiger charge is 2.08. The number of aromatic nitrogens is 3. The summed E-state index contributed by atoms with van der Waals surface area (Å²) in [5, 5.41) is 3.22. The molecule has 0 saturated carbocycles. The number of rotatable bonds is 3. The largest absolute Gasteiger partial charge is 0.313 e. The van der Waals surface area contributed by atoms with Gasteiger partial charge in [0.25, 0.3) is 0 Å². The van der Waals surface area contributed by atoms with Gasteiger partial charge in [-0.3, -0.25) is 4.57 Å². The number of imidazole rings is 1. The molecule has 21 heavy (non-hydrogen) atoms. The molecule has 2 aromatic heterocycles. The van der Waals surface area contributed by atoms with Crippen LogP contribution in [0.5, 0.6) is 0 Å². The van der Waals surface area contributed by atoms with Crippen LogP contribution in [0.1, 0.15) is 29.7 Å². The quantitative estimate of drug-likeness (QED) is 0.800. The van der Waals surface area contributed by atoms with E-state index in [9.17, 15) is 0 Å². The molecule has 0 aliphatic heterocycles. The molecule has 1 aromatic carbocycles. The third-order valence-corrected chi connectivity index (χ3v) is 4.11. The third-order valence-electron chi connectivity index (χ3n) is 4.11. The molecular formula is C17H20N4. The van der Waals surface area contributed by atoms with Crippen LogP contribution in [0.4, 0.5) is 0 Å². The van der Waals surface area contributed by atoms with E-state index < -0.39 is 0 Å². The van der Waals surface area contributed by atoms with Crippen LogP contribution in [0.25, 0.3) is 16.9 Å². The summed E-state index contributed by atoms with van der Waals surface area (Å²) in [6.45, 7) is 6.35. The van der Waals surface area contributed by atoms with Crippen molar-refractivity contribution in [3.05, 3.63) is 53.5 Å². The van der Waals surface area contributed by atoms with Gasteiger partial charge in [0.05, 0.1) is 11.0 Å². The van der Waals surface area contributed by atoms with Crippen molar-refractivity contribution in [3.8, 4) is 5.82 Å². The smallest absolute Gasteiger partial charge is 0.138 e. The summed E-state index contributed by atoms with van der Waals surface area (Å²) in [5.41, 5.74) is 5.81. The number of aryl methyl sites for hydroxylation is 2. The molecule has 0 aliphatic rings. The Kier molecular flexibility index (Phi) is 3.47. The highest BCUT2D eigenvalue weighted by atomic mass is 15.1. The first kappa shape index (κ1) is 13.8. The maximum atomic E-state index is 4.58. The van der Waals surface area contributed by atoms with Crippen molar-refractivity contribution in [1.82, 2.24) is 19.9 Å². The zero-order valence-electron chi connectivity index (χ0n) is 12.9. The monoisotopic (exact) mass is 280 g/mol. The van der Waals surface area contributed by atoms with E-state index in [4.69, 9.17) is 0 Å². The van der Waals surface area contributed by atoms with E-state index in [2.05, 4.69) is 54.3 Å². The lowest BCUT2D eigenvalue weighted by atomic mass is 10.1. The second kappa shape index (κ2) is 5.30. The first-order valence-corrected chi connectivity index (χ1v) is 7.18. The van der Waals surface area contributed by atoms with Crippen LogP contribution in [-0.2, 0) is 0 Å². The molecule has 2 heterocycles. The van der Waals surface area contributed by atoms with Crippen molar-refractivity contribution in [2.75, 3.05) is 7.05 Å². The van der Waals surface area contributed by atoms with Crippen molar-refractivity contribution < 1.29 is 0 Å². The van der Waals surface area contributed by atoms with Crippen molar-refractivity contribution in [2.45, 2.75) is 26.8 Å². The minimum atomic E-state index is 0.302. The summed E-state index contributed by atoms with van der Waals surface area (Å²) < 4.78 is 2.04. The number of nitrogens with zero attached hydrogens (tertiary/aromatic N) is 3. The van der Waals surface area contributed by atoms with E-state index in [-0.39, 0.29) is 0 Å². The summed E-state index contributed by atoms with van der Waals surface area (Å²) in [5.74, 6) is 0.896. The number of nitrogens with one attached hydrogen (secondary N) is 1. The summed E-state index contributed by atoms with van der Waals surface area (Å²) >= 11 is 0. The van der Waals surface area contributed by atoms with Crippen LogP contribution in [0, 0.1) is 13.8 Å². The van der Waals surface area contributed by atoms with Gasteiger partial charge in [0, 0.05) is 12.2 Å². The molecule has 108 valence electrons. The fraction of sp³-hybridized carbons (Fsp3) is 0.294. The molecule has 0 saturated heterocycles. The highest BCUT2D eigenvalue weighted by Crippen LogP contribution is 2.21. The van der Waals surface area contributed by atoms with E-state index in [1.165, 1.54) is 16.7 Å². The molecule has 3 aromatic rings. The van der Waals surface area contributed by atoms with Gasteiger partial charge in [0.1, 0.15) is 12.1 Å². The summed E-state index contributed by atoms with van der Waals surface area (Å²) in [6.07, 6.45) is 3.76. The third kappa shape index (κ3) is 2.43. The van der Waals surface area contributed by atoms with Crippen molar-refractivity contribution in [1.29, 1.82) is 0 Å². The van der Waals surface area contributed by atoms with Gasteiger partial charge >= 0.3 is 0 Å². The Labute approximate surface area is 124 Å². The number of fused-ring (bicyclic) bond motifs is 1. The van der Waals surface area contributed by atoms with Crippen LogP contribution in [0.3, 0.4) is 0 Å². The predicted molar refractivity (Wildman–Crippen MR) is 85.8 cm³/mol. The Hall–Kier alpha value is -2.20. The SMILES string of the molecule is CNC(C)c1ccc(-n2cnc3cc(C)c(C)cc32)nc1. The standard InChI is InChI=1S/C17H20N4/c1-11-7-15-16(8-12(11)2)21(10-20-15)17-6-5-14(9-19-17)13(3)18-4/h5-10,13,18H,1-4H3. The van der Waals surface area contributed by atoms with Crippen molar-refractivity contribution in [3.63, 3.8) is 0 Å². The molecule has 4 heteroatoms. The second-order valence-electron chi connectivity index (χ2n) is 5.50. The van der Waals surface area contributed by atoms with Crippen LogP contribution in [0.15, 0.2) is 36.8 Å². The van der Waals surface area contributed by atoms with Crippen molar-refractivity contribution >= 4 is 11.0 Å². The van der Waals surface area contributed by atoms with E-state index in [0.717, 1.165) is 16.9 Å². The molecular weight excluding hydrogens is 260 g/mol. The molecule has 0 aliphatic carbocycles. The van der Waals surface area contributed by atoms with Gasteiger partial charge < -0.3 is 5.32 Å². The Morgan fingerprint density at radius 1 is 1.10 bits per heavy atom. The lowest BCUT2D eigenvalue weighted by Gasteiger charge is -2.11. The van der Waals surface area contributed by atoms with Crippen LogP contribution < -0.4 is 5.32 Å². The zero-order valence-corrected chi connectivity index (χ0v) is 12.9. The minimum Gasteiger partial charge on any atom is -0.313 e. The average molecular weight is 280 g/mol. The van der Waals surface area contributed by atoms with Crippen LogP contribution in [-0.4, -0.2) is 21.6 Å². The lowest BCUT2D eigenvalue weighted by molar-refractivity contribution is 0.649. The maximum absolute atomic E-state index is 4.58. The summed E-state index contributed by atoms with van der Waals surface area (Å²) in [6, 6.07) is 8.74. The summed E-state index contributed by atoms with van der Waals surface area (Å²) in [7, 11) is 1.95. The zero-order chi connectivity index (χ0) is 15.0. The van der Waals surface area contributed by atoms with Crippen LogP contribution in [0.2, 0.25) is 0 Å². The maximum Gasteiger partial charge on any atom is 0.138 e. The Balaban J connectivity index is 2.06. The first-order chi connectivity index (χ1) is 10.1. The van der Waals surface area contributed by atoms with Gasteiger partial charge in [-0.05, 0) is 62.7 Å². The first-order valence-electron chi connectivity index (χ1n) is 7.18. The van der Waals surface area contributed by atoms with E-state index >= 15 is 0 Å². The molecule has 0 fully saturated rings. The minimum absolute atomic E-state index is 0.302. The molecule has 1 atom stereocenters. The fourth-order valence-corrected chi connectivity index (χ4v) is 2.41. The number of hydrogen-bond donors (Lipinski definition) is 1. The number of benzene rings is 1. The number of hydrogen-bond acceptors (Lipinski definition) is 3. The fourth-order valence-electron chi connectivity index (χ4n) is 2.41. The molecule has 1 N–H and O–H groups in total. The van der Waals surface area contributed by atoms with Gasteiger partial charge in [0.15, 0.2) is 0 Å². The van der Waals surface area contributed by atoms with Crippen LogP contribution >= 0.6 is 0 Å². The number of pyridine rings is 1. The molecule has 0 bridgehead atoms. The Morgan fingerprint density at radius 3 is 2.52 bits per heavy atom. The van der Waals surface area contributed by atoms with Crippen molar-refractivity contribution in [2.24, 2.45) is 0 Å². The molecule has 0 spiro atoms. The lowest BCUT2D eigenvalue weighted by Crippen LogP contribution is -2.12. The summed E-state index contributed by atoms with van der Waals surface area (Å²) in [4.78, 5) is 9.06. The van der Waals surface area contributed by atoms with E-state index in [1.54, 1.807) is 0 Å². The normalized spacial score (nSPS) is 12.8. The highest BCUT2D eigenvalue weighted by molar-refractivity contribution is 5.78. The van der Waals surface area contributed by atoms with Gasteiger partial charge in [-0.2, -0.15) is 0 Å². The second-order valence-corrected chi connectivity index (χ2v) is 5.50. The van der Waals surface area contributed by atoms with Gasteiger partial charge in [0.2, 0.25) is 0 Å². The van der Waals surface area contributed by atoms with Gasteiger partial charge in [-0.15, -0.1) is 0 Å². The molecule has 0 amide bonds. The average Bonchev–Trinajstić information content (AvgIpc) is 2.90. The molecule has 0 radical (unpaired) electrons. The van der Waals surface area contributed by atoms with Gasteiger partial charge in [-0.25, -0.2) is 9.97 Å². The Morgan fingerprint density at radius 2 is 1.86 bits per heavy atom. The van der Waals surface area contributed by atoms with Gasteiger partial charge in [-0.1, -0.05) is 6.07 Å². The molecule has 3 rings (SSSR count).